The highest BCUT2D eigenvalue weighted by atomic mass is 16.7. The molecular formula is C25H28N2O6. The number of esters is 2. The molecule has 1 aromatic carbocycles. The largest absolute Gasteiger partial charge is 0.467 e. The van der Waals surface area contributed by atoms with Crippen molar-refractivity contribution in [3.05, 3.63) is 47.2 Å². The van der Waals surface area contributed by atoms with Crippen LogP contribution in [0.2, 0.25) is 0 Å². The number of benzene rings is 1. The second-order valence-electron chi connectivity index (χ2n) is 8.92. The molecule has 33 heavy (non-hydrogen) atoms. The minimum Gasteiger partial charge on any atom is -0.467 e. The number of carbonyl (C=O) groups is 3. The highest BCUT2D eigenvalue weighted by molar-refractivity contribution is 5.92. The van der Waals surface area contributed by atoms with Crippen LogP contribution < -0.4 is 0 Å². The number of hydrogen-bond acceptors (Lipinski definition) is 6. The molecule has 5 rings (SSSR count). The fourth-order valence-corrected chi connectivity index (χ4v) is 6.20. The first kappa shape index (κ1) is 21.7. The fraction of sp³-hybridized carbons (Fsp3) is 0.480. The van der Waals surface area contributed by atoms with Gasteiger partial charge in [0.15, 0.2) is 0 Å². The van der Waals surface area contributed by atoms with E-state index in [-0.39, 0.29) is 24.5 Å². The molecule has 1 fully saturated rings. The molecule has 3 aliphatic rings. The summed E-state index contributed by atoms with van der Waals surface area (Å²) in [5, 5.41) is 1.03. The lowest BCUT2D eigenvalue weighted by Gasteiger charge is -2.54. The van der Waals surface area contributed by atoms with Gasteiger partial charge in [-0.05, 0) is 37.0 Å². The summed E-state index contributed by atoms with van der Waals surface area (Å²) in [5.41, 5.74) is 2.33. The summed E-state index contributed by atoms with van der Waals surface area (Å²) in [6.45, 7) is 5.65. The zero-order valence-corrected chi connectivity index (χ0v) is 19.3. The number of amides is 1. The molecule has 0 saturated carbocycles. The molecule has 4 heterocycles. The van der Waals surface area contributed by atoms with Crippen molar-refractivity contribution in [2.45, 2.75) is 51.5 Å². The Kier molecular flexibility index (Phi) is 5.08. The average Bonchev–Trinajstić information content (AvgIpc) is 3.14. The number of hydrogen-bond donors (Lipinski definition) is 0. The first-order valence-electron chi connectivity index (χ1n) is 11.3. The zero-order chi connectivity index (χ0) is 23.5. The highest BCUT2D eigenvalue weighted by Crippen LogP contribution is 2.56. The van der Waals surface area contributed by atoms with Crippen molar-refractivity contribution in [3.8, 4) is 0 Å². The second-order valence-corrected chi connectivity index (χ2v) is 8.92. The SMILES string of the molecule is C/C=C1\COC(OC(C)=O)C2(C(=O)OC)C1CC1c3c(c4ccccc4n32)CCN1C(C)=O. The maximum absolute atomic E-state index is 13.8. The van der Waals surface area contributed by atoms with Gasteiger partial charge in [0.25, 0.3) is 0 Å². The van der Waals surface area contributed by atoms with E-state index in [1.54, 1.807) is 6.92 Å². The van der Waals surface area contributed by atoms with Crippen molar-refractivity contribution in [1.29, 1.82) is 0 Å². The van der Waals surface area contributed by atoms with Crippen molar-refractivity contribution >= 4 is 28.7 Å². The van der Waals surface area contributed by atoms with Gasteiger partial charge in [0.2, 0.25) is 17.7 Å². The van der Waals surface area contributed by atoms with Crippen molar-refractivity contribution in [2.24, 2.45) is 5.92 Å². The summed E-state index contributed by atoms with van der Waals surface area (Å²) in [6.07, 6.45) is 1.98. The maximum atomic E-state index is 13.8. The number of ether oxygens (including phenoxy) is 3. The number of para-hydroxylation sites is 1. The Balaban J connectivity index is 1.91. The van der Waals surface area contributed by atoms with Crippen molar-refractivity contribution in [3.63, 3.8) is 0 Å². The van der Waals surface area contributed by atoms with E-state index < -0.39 is 23.8 Å². The normalized spacial score (nSPS) is 29.4. The molecule has 0 aliphatic carbocycles. The summed E-state index contributed by atoms with van der Waals surface area (Å²) < 4.78 is 19.1. The van der Waals surface area contributed by atoms with E-state index in [1.165, 1.54) is 14.0 Å². The minimum atomic E-state index is -1.44. The molecule has 8 nitrogen and oxygen atoms in total. The Labute approximate surface area is 192 Å². The molecule has 4 unspecified atom stereocenters. The van der Waals surface area contributed by atoms with E-state index in [0.717, 1.165) is 27.7 Å². The van der Waals surface area contributed by atoms with Gasteiger partial charge in [-0.25, -0.2) is 4.79 Å². The summed E-state index contributed by atoms with van der Waals surface area (Å²) >= 11 is 0. The summed E-state index contributed by atoms with van der Waals surface area (Å²) in [7, 11) is 1.34. The fourth-order valence-electron chi connectivity index (χ4n) is 6.20. The van der Waals surface area contributed by atoms with Crippen LogP contribution in [-0.2, 0) is 40.6 Å². The van der Waals surface area contributed by atoms with Crippen LogP contribution in [0, 0.1) is 5.92 Å². The monoisotopic (exact) mass is 452 g/mol. The van der Waals surface area contributed by atoms with Crippen molar-refractivity contribution in [1.82, 2.24) is 9.47 Å². The molecule has 2 aromatic rings. The number of carbonyl (C=O) groups excluding carboxylic acids is 3. The van der Waals surface area contributed by atoms with E-state index in [2.05, 4.69) is 0 Å². The van der Waals surface area contributed by atoms with Gasteiger partial charge in [-0.1, -0.05) is 24.3 Å². The first-order valence-corrected chi connectivity index (χ1v) is 11.3. The Morgan fingerprint density at radius 3 is 2.64 bits per heavy atom. The summed E-state index contributed by atoms with van der Waals surface area (Å²) in [6, 6.07) is 7.69. The van der Waals surface area contributed by atoms with Gasteiger partial charge in [-0.3, -0.25) is 9.59 Å². The molecule has 0 radical (unpaired) electrons. The average molecular weight is 453 g/mol. The standard InChI is InChI=1S/C25H28N2O6/c1-5-16-13-32-24(33-15(3)29)25(23(30)31-4)19(16)12-21-22-18(10-11-26(21)14(2)28)17-8-6-7-9-20(17)27(22)25/h5-9,19,21,24H,10-13H2,1-4H3/b16-5+. The van der Waals surface area contributed by atoms with Gasteiger partial charge in [0.1, 0.15) is 0 Å². The van der Waals surface area contributed by atoms with Gasteiger partial charge >= 0.3 is 11.9 Å². The van der Waals surface area contributed by atoms with Crippen LogP contribution in [-0.4, -0.2) is 53.9 Å². The Morgan fingerprint density at radius 1 is 1.21 bits per heavy atom. The van der Waals surface area contributed by atoms with Crippen LogP contribution in [0.15, 0.2) is 35.9 Å². The maximum Gasteiger partial charge on any atom is 0.339 e. The van der Waals surface area contributed by atoms with E-state index in [0.29, 0.717) is 19.4 Å². The van der Waals surface area contributed by atoms with Gasteiger partial charge in [0.05, 0.1) is 19.8 Å². The molecule has 174 valence electrons. The quantitative estimate of drug-likeness (QED) is 0.515. The van der Waals surface area contributed by atoms with Gasteiger partial charge in [-0.2, -0.15) is 0 Å². The molecule has 3 aliphatic heterocycles. The summed E-state index contributed by atoms with van der Waals surface area (Å²) in [5.74, 6) is -1.45. The third-order valence-corrected chi connectivity index (χ3v) is 7.44. The van der Waals surface area contributed by atoms with Crippen LogP contribution in [0.25, 0.3) is 10.9 Å². The molecular weight excluding hydrogens is 424 g/mol. The van der Waals surface area contributed by atoms with Crippen LogP contribution >= 0.6 is 0 Å². The number of allylic oxidation sites excluding steroid dienone is 1. The molecule has 8 heteroatoms. The smallest absolute Gasteiger partial charge is 0.339 e. The zero-order valence-electron chi connectivity index (χ0n) is 19.3. The molecule has 1 saturated heterocycles. The van der Waals surface area contributed by atoms with E-state index in [4.69, 9.17) is 14.2 Å². The Hall–Kier alpha value is -3.13. The molecule has 1 aromatic heterocycles. The Bertz CT molecular complexity index is 1200. The van der Waals surface area contributed by atoms with Gasteiger partial charge in [0, 0.05) is 42.9 Å². The minimum absolute atomic E-state index is 0.00125. The van der Waals surface area contributed by atoms with Gasteiger partial charge in [-0.15, -0.1) is 0 Å². The van der Waals surface area contributed by atoms with Gasteiger partial charge < -0.3 is 23.7 Å². The third kappa shape index (κ3) is 2.83. The van der Waals surface area contributed by atoms with E-state index >= 15 is 0 Å². The lowest BCUT2D eigenvalue weighted by atomic mass is 9.68. The number of methoxy groups -OCH3 is 1. The Morgan fingerprint density at radius 2 is 1.97 bits per heavy atom. The van der Waals surface area contributed by atoms with Crippen LogP contribution in [0.5, 0.6) is 0 Å². The van der Waals surface area contributed by atoms with E-state index in [1.807, 2.05) is 46.7 Å². The predicted molar refractivity (Wildman–Crippen MR) is 119 cm³/mol. The highest BCUT2D eigenvalue weighted by Gasteiger charge is 2.65. The summed E-state index contributed by atoms with van der Waals surface area (Å²) in [4.78, 5) is 40.4. The number of fused-ring (bicyclic) bond motifs is 5. The third-order valence-electron chi connectivity index (χ3n) is 7.44. The molecule has 1 amide bonds. The molecule has 0 spiro atoms. The number of aromatic nitrogens is 1. The lowest BCUT2D eigenvalue weighted by molar-refractivity contribution is -0.234. The van der Waals surface area contributed by atoms with Crippen LogP contribution in [0.4, 0.5) is 0 Å². The topological polar surface area (TPSA) is 87.1 Å². The lowest BCUT2D eigenvalue weighted by Crippen LogP contribution is -2.66. The number of nitrogens with zero attached hydrogens (tertiary/aromatic N) is 2. The second kappa shape index (κ2) is 7.73. The first-order chi connectivity index (χ1) is 15.9. The van der Waals surface area contributed by atoms with Crippen molar-refractivity contribution < 1.29 is 28.6 Å². The number of rotatable bonds is 2. The molecule has 4 atom stereocenters. The predicted octanol–water partition coefficient (Wildman–Crippen LogP) is 2.84. The molecule has 0 N–H and O–H groups in total. The van der Waals surface area contributed by atoms with Crippen LogP contribution in [0.1, 0.15) is 44.5 Å². The molecule has 0 bridgehead atoms. The van der Waals surface area contributed by atoms with E-state index in [9.17, 15) is 14.4 Å². The van der Waals surface area contributed by atoms with Crippen LogP contribution in [0.3, 0.4) is 0 Å². The van der Waals surface area contributed by atoms with Crippen molar-refractivity contribution in [2.75, 3.05) is 20.3 Å².